The molecular formula is C12H11N3O2. The van der Waals surface area contributed by atoms with Crippen molar-refractivity contribution in [2.45, 2.75) is 6.92 Å². The van der Waals surface area contributed by atoms with Crippen LogP contribution in [0.25, 0.3) is 21.9 Å². The van der Waals surface area contributed by atoms with E-state index in [1.54, 1.807) is 30.8 Å². The maximum absolute atomic E-state index is 12.3. The summed E-state index contributed by atoms with van der Waals surface area (Å²) in [7, 11) is 1.79. The number of aromatic nitrogens is 3. The number of nitrogens with zero attached hydrogens (tertiary/aromatic N) is 2. The van der Waals surface area contributed by atoms with Crippen molar-refractivity contribution in [2.24, 2.45) is 7.05 Å². The second-order valence-corrected chi connectivity index (χ2v) is 4.12. The Kier molecular flexibility index (Phi) is 1.80. The molecule has 0 atom stereocenters. The summed E-state index contributed by atoms with van der Waals surface area (Å²) in [6, 6.07) is 4.71. The smallest absolute Gasteiger partial charge is 0.200 e. The van der Waals surface area contributed by atoms with Crippen molar-refractivity contribution in [3.8, 4) is 5.75 Å². The third-order valence-corrected chi connectivity index (χ3v) is 2.95. The lowest BCUT2D eigenvalue weighted by molar-refractivity contribution is 0.476. The number of benzene rings is 1. The van der Waals surface area contributed by atoms with E-state index in [4.69, 9.17) is 0 Å². The Morgan fingerprint density at radius 1 is 1.41 bits per heavy atom. The fourth-order valence-electron chi connectivity index (χ4n) is 2.16. The van der Waals surface area contributed by atoms with E-state index in [1.807, 2.05) is 0 Å². The molecule has 0 aliphatic carbocycles. The Morgan fingerprint density at radius 3 is 2.94 bits per heavy atom. The molecule has 17 heavy (non-hydrogen) atoms. The van der Waals surface area contributed by atoms with Crippen LogP contribution in [0, 0.1) is 6.92 Å². The number of aromatic amines is 1. The van der Waals surface area contributed by atoms with Gasteiger partial charge in [0.25, 0.3) is 0 Å². The summed E-state index contributed by atoms with van der Waals surface area (Å²) in [5.74, 6) is 0.0869. The van der Waals surface area contributed by atoms with E-state index >= 15 is 0 Å². The first-order valence-corrected chi connectivity index (χ1v) is 5.26. The Bertz CT molecular complexity index is 799. The van der Waals surface area contributed by atoms with Crippen LogP contribution in [0.1, 0.15) is 5.69 Å². The topological polar surface area (TPSA) is 70.9 Å². The quantitative estimate of drug-likeness (QED) is 0.612. The Labute approximate surface area is 96.3 Å². The molecule has 0 saturated carbocycles. The molecule has 0 bridgehead atoms. The predicted molar refractivity (Wildman–Crippen MR) is 65.2 cm³/mol. The van der Waals surface area contributed by atoms with Gasteiger partial charge in [0.05, 0.1) is 16.6 Å². The summed E-state index contributed by atoms with van der Waals surface area (Å²) in [5.41, 5.74) is 1.98. The minimum absolute atomic E-state index is 0.0869. The van der Waals surface area contributed by atoms with Gasteiger partial charge in [-0.3, -0.25) is 9.48 Å². The van der Waals surface area contributed by atoms with Crippen LogP contribution in [0.3, 0.4) is 0 Å². The van der Waals surface area contributed by atoms with Crippen molar-refractivity contribution < 1.29 is 5.11 Å². The maximum atomic E-state index is 12.3. The number of fused-ring (bicyclic) bond motifs is 2. The normalized spacial score (nSPS) is 11.4. The van der Waals surface area contributed by atoms with Crippen molar-refractivity contribution >= 4 is 21.9 Å². The molecule has 0 fully saturated rings. The van der Waals surface area contributed by atoms with Gasteiger partial charge >= 0.3 is 0 Å². The van der Waals surface area contributed by atoms with E-state index < -0.39 is 0 Å². The van der Waals surface area contributed by atoms with Crippen LogP contribution in [-0.4, -0.2) is 19.9 Å². The monoisotopic (exact) mass is 229 g/mol. The maximum Gasteiger partial charge on any atom is 0.200 e. The first-order chi connectivity index (χ1) is 8.08. The van der Waals surface area contributed by atoms with E-state index in [2.05, 4.69) is 10.1 Å². The Balaban J connectivity index is 2.65. The van der Waals surface area contributed by atoms with Gasteiger partial charge in [0.15, 0.2) is 0 Å². The van der Waals surface area contributed by atoms with Gasteiger partial charge in [-0.25, -0.2) is 0 Å². The van der Waals surface area contributed by atoms with Crippen LogP contribution in [0.4, 0.5) is 0 Å². The summed E-state index contributed by atoms with van der Waals surface area (Å²) < 4.78 is 1.65. The van der Waals surface area contributed by atoms with Crippen molar-refractivity contribution in [2.75, 3.05) is 0 Å². The van der Waals surface area contributed by atoms with E-state index in [1.165, 1.54) is 6.07 Å². The molecule has 0 saturated heterocycles. The highest BCUT2D eigenvalue weighted by atomic mass is 16.3. The molecule has 1 aromatic carbocycles. The molecule has 5 nitrogen and oxygen atoms in total. The average molecular weight is 229 g/mol. The van der Waals surface area contributed by atoms with Gasteiger partial charge in [-0.2, -0.15) is 5.10 Å². The molecular weight excluding hydrogens is 218 g/mol. The molecule has 0 aliphatic rings. The molecule has 0 aliphatic heterocycles. The minimum Gasteiger partial charge on any atom is -0.508 e. The summed E-state index contributed by atoms with van der Waals surface area (Å²) in [5, 5.41) is 14.7. The molecule has 2 aromatic heterocycles. The highest BCUT2D eigenvalue weighted by Crippen LogP contribution is 2.19. The number of hydrogen-bond acceptors (Lipinski definition) is 3. The highest BCUT2D eigenvalue weighted by Gasteiger charge is 2.12. The number of nitrogens with one attached hydrogen (secondary N) is 1. The molecule has 86 valence electrons. The third-order valence-electron chi connectivity index (χ3n) is 2.95. The molecule has 0 radical (unpaired) electrons. The fraction of sp³-hybridized carbons (Fsp3) is 0.167. The number of phenols is 1. The largest absolute Gasteiger partial charge is 0.508 e. The molecule has 2 N–H and O–H groups in total. The SMILES string of the molecule is Cc1nn(C)c2[nH]c3ccc(O)cc3c(=O)c12. The van der Waals surface area contributed by atoms with Crippen molar-refractivity contribution in [1.29, 1.82) is 0 Å². The van der Waals surface area contributed by atoms with Gasteiger partial charge in [-0.1, -0.05) is 0 Å². The van der Waals surface area contributed by atoms with Gasteiger partial charge < -0.3 is 10.1 Å². The zero-order valence-corrected chi connectivity index (χ0v) is 9.48. The fourth-order valence-corrected chi connectivity index (χ4v) is 2.16. The number of H-pyrrole nitrogens is 1. The first-order valence-electron chi connectivity index (χ1n) is 5.26. The minimum atomic E-state index is -0.102. The second kappa shape index (κ2) is 3.10. The van der Waals surface area contributed by atoms with Crippen LogP contribution >= 0.6 is 0 Å². The van der Waals surface area contributed by atoms with Gasteiger partial charge in [0.2, 0.25) is 5.43 Å². The number of phenolic OH excluding ortho intramolecular Hbond substituents is 1. The number of aromatic hydroxyl groups is 1. The van der Waals surface area contributed by atoms with E-state index in [-0.39, 0.29) is 11.2 Å². The summed E-state index contributed by atoms with van der Waals surface area (Å²) in [4.78, 5) is 15.4. The lowest BCUT2D eigenvalue weighted by atomic mass is 10.1. The number of hydrogen-bond donors (Lipinski definition) is 2. The number of pyridine rings is 1. The lowest BCUT2D eigenvalue weighted by Crippen LogP contribution is -2.04. The molecule has 5 heteroatoms. The van der Waals surface area contributed by atoms with Crippen LogP contribution in [0.5, 0.6) is 5.75 Å². The standard InChI is InChI=1S/C12H11N3O2/c1-6-10-11(17)8-5-7(16)3-4-9(8)13-12(10)15(2)14-6/h3-5,16H,1-2H3,(H,13,17). The summed E-state index contributed by atoms with van der Waals surface area (Å²) in [6.07, 6.45) is 0. The summed E-state index contributed by atoms with van der Waals surface area (Å²) in [6.45, 7) is 1.80. The molecule has 0 spiro atoms. The Morgan fingerprint density at radius 2 is 2.18 bits per heavy atom. The van der Waals surface area contributed by atoms with E-state index in [9.17, 15) is 9.90 Å². The molecule has 3 aromatic rings. The van der Waals surface area contributed by atoms with Crippen LogP contribution < -0.4 is 5.43 Å². The second-order valence-electron chi connectivity index (χ2n) is 4.12. The lowest BCUT2D eigenvalue weighted by Gasteiger charge is -2.01. The van der Waals surface area contributed by atoms with Crippen LogP contribution in [0.15, 0.2) is 23.0 Å². The first kappa shape index (κ1) is 9.89. The zero-order chi connectivity index (χ0) is 12.2. The Hall–Kier alpha value is -2.30. The molecule has 3 rings (SSSR count). The van der Waals surface area contributed by atoms with Gasteiger partial charge in [-0.15, -0.1) is 0 Å². The molecule has 0 amide bonds. The number of aryl methyl sites for hydroxylation is 2. The molecule has 0 unspecified atom stereocenters. The van der Waals surface area contributed by atoms with Gasteiger partial charge in [-0.05, 0) is 25.1 Å². The van der Waals surface area contributed by atoms with Crippen molar-refractivity contribution in [3.63, 3.8) is 0 Å². The zero-order valence-electron chi connectivity index (χ0n) is 9.48. The van der Waals surface area contributed by atoms with Crippen LogP contribution in [0.2, 0.25) is 0 Å². The van der Waals surface area contributed by atoms with Crippen molar-refractivity contribution in [3.05, 3.63) is 34.1 Å². The van der Waals surface area contributed by atoms with Crippen molar-refractivity contribution in [1.82, 2.24) is 14.8 Å². The average Bonchev–Trinajstić information content (AvgIpc) is 2.56. The predicted octanol–water partition coefficient (Wildman–Crippen LogP) is 1.43. The van der Waals surface area contributed by atoms with E-state index in [0.717, 1.165) is 0 Å². The van der Waals surface area contributed by atoms with Crippen LogP contribution in [-0.2, 0) is 7.05 Å². The van der Waals surface area contributed by atoms with Gasteiger partial charge in [0, 0.05) is 12.4 Å². The summed E-state index contributed by atoms with van der Waals surface area (Å²) >= 11 is 0. The third kappa shape index (κ3) is 1.25. The molecule has 2 heterocycles. The van der Waals surface area contributed by atoms with Gasteiger partial charge in [0.1, 0.15) is 11.4 Å². The van der Waals surface area contributed by atoms with E-state index in [0.29, 0.717) is 27.6 Å². The highest BCUT2D eigenvalue weighted by molar-refractivity contribution is 5.92. The number of rotatable bonds is 0.